The molecule has 0 aliphatic rings. The maximum Gasteiger partial charge on any atom is 0.335 e. The summed E-state index contributed by atoms with van der Waals surface area (Å²) < 4.78 is 5.86. The van der Waals surface area contributed by atoms with E-state index in [1.165, 1.54) is 11.3 Å². The largest absolute Gasteiger partial charge is 0.478 e. The summed E-state index contributed by atoms with van der Waals surface area (Å²) in [6.45, 7) is 0. The van der Waals surface area contributed by atoms with Crippen molar-refractivity contribution in [3.8, 4) is 33.5 Å². The van der Waals surface area contributed by atoms with Crippen molar-refractivity contribution in [3.63, 3.8) is 0 Å². The first kappa shape index (κ1) is 21.0. The Morgan fingerprint density at radius 2 is 1.55 bits per heavy atom. The first-order valence-corrected chi connectivity index (χ1v) is 11.1. The van der Waals surface area contributed by atoms with Crippen LogP contribution in [0.3, 0.4) is 0 Å². The highest BCUT2D eigenvalue weighted by Crippen LogP contribution is 2.30. The lowest BCUT2D eigenvalue weighted by atomic mass is 10.1. The standard InChI is InChI=1S/C24H15ClN4O3S/c25-19-10-8-15(9-11-19)21-27-28-22(32-21)17-2-1-3-18(13-17)23-29-26-20(33-23)12-14-4-6-16(7-5-14)24(30)31/h1-11,13H,12H2,(H,30,31). The van der Waals surface area contributed by atoms with Gasteiger partial charge in [-0.15, -0.1) is 20.4 Å². The Labute approximate surface area is 197 Å². The van der Waals surface area contributed by atoms with Crippen molar-refractivity contribution in [1.82, 2.24) is 20.4 Å². The van der Waals surface area contributed by atoms with Gasteiger partial charge in [-0.05, 0) is 54.1 Å². The van der Waals surface area contributed by atoms with E-state index in [0.29, 0.717) is 23.2 Å². The molecule has 0 aliphatic carbocycles. The fourth-order valence-electron chi connectivity index (χ4n) is 3.22. The number of nitrogens with zero attached hydrogens (tertiary/aromatic N) is 4. The number of aromatic carboxylic acids is 1. The highest BCUT2D eigenvalue weighted by Gasteiger charge is 2.13. The number of rotatable bonds is 6. The minimum absolute atomic E-state index is 0.258. The van der Waals surface area contributed by atoms with E-state index >= 15 is 0 Å². The van der Waals surface area contributed by atoms with E-state index in [9.17, 15) is 4.79 Å². The normalized spacial score (nSPS) is 10.9. The molecular formula is C24H15ClN4O3S. The molecule has 5 aromatic rings. The Balaban J connectivity index is 1.35. The van der Waals surface area contributed by atoms with Gasteiger partial charge in [0.15, 0.2) is 0 Å². The second-order valence-electron chi connectivity index (χ2n) is 7.18. The van der Waals surface area contributed by atoms with Gasteiger partial charge in [-0.3, -0.25) is 0 Å². The highest BCUT2D eigenvalue weighted by molar-refractivity contribution is 7.14. The topological polar surface area (TPSA) is 102 Å². The van der Waals surface area contributed by atoms with Crippen LogP contribution in [0.5, 0.6) is 0 Å². The maximum absolute atomic E-state index is 11.0. The van der Waals surface area contributed by atoms with E-state index in [-0.39, 0.29) is 5.56 Å². The summed E-state index contributed by atoms with van der Waals surface area (Å²) in [5.74, 6) is -0.120. The van der Waals surface area contributed by atoms with Crippen molar-refractivity contribution >= 4 is 28.9 Å². The summed E-state index contributed by atoms with van der Waals surface area (Å²) in [6, 6.07) is 21.6. The van der Waals surface area contributed by atoms with Gasteiger partial charge < -0.3 is 9.52 Å². The minimum atomic E-state index is -0.943. The Kier molecular flexibility index (Phi) is 5.68. The Morgan fingerprint density at radius 1 is 0.848 bits per heavy atom. The lowest BCUT2D eigenvalue weighted by Crippen LogP contribution is -1.96. The lowest BCUT2D eigenvalue weighted by molar-refractivity contribution is 0.0697. The van der Waals surface area contributed by atoms with Crippen molar-refractivity contribution < 1.29 is 14.3 Å². The Hall–Kier alpha value is -3.88. The Bertz CT molecular complexity index is 1430. The number of carboxylic acid groups (broad SMARTS) is 1. The van der Waals surface area contributed by atoms with Crippen LogP contribution in [0.2, 0.25) is 5.02 Å². The molecule has 9 heteroatoms. The van der Waals surface area contributed by atoms with Crippen LogP contribution in [0, 0.1) is 0 Å². The molecule has 1 N–H and O–H groups in total. The predicted octanol–water partition coefficient (Wildman–Crippen LogP) is 5.86. The van der Waals surface area contributed by atoms with E-state index in [0.717, 1.165) is 32.3 Å². The average Bonchev–Trinajstić information content (AvgIpc) is 3.50. The monoisotopic (exact) mass is 474 g/mol. The first-order valence-electron chi connectivity index (χ1n) is 9.90. The molecule has 0 fully saturated rings. The quantitative estimate of drug-likeness (QED) is 0.328. The van der Waals surface area contributed by atoms with Crippen LogP contribution >= 0.6 is 22.9 Å². The third kappa shape index (κ3) is 4.67. The smallest absolute Gasteiger partial charge is 0.335 e. The number of carbonyl (C=O) groups is 1. The molecule has 0 atom stereocenters. The van der Waals surface area contributed by atoms with Gasteiger partial charge >= 0.3 is 5.97 Å². The molecule has 3 aromatic carbocycles. The molecule has 2 heterocycles. The number of benzene rings is 3. The van der Waals surface area contributed by atoms with Crippen LogP contribution < -0.4 is 0 Å². The van der Waals surface area contributed by atoms with Gasteiger partial charge in [0.2, 0.25) is 11.8 Å². The fraction of sp³-hybridized carbons (Fsp3) is 0.0417. The van der Waals surface area contributed by atoms with Crippen LogP contribution in [-0.2, 0) is 6.42 Å². The molecule has 33 heavy (non-hydrogen) atoms. The third-order valence-corrected chi connectivity index (χ3v) is 6.12. The molecule has 0 bridgehead atoms. The minimum Gasteiger partial charge on any atom is -0.478 e. The van der Waals surface area contributed by atoms with Crippen molar-refractivity contribution in [2.45, 2.75) is 6.42 Å². The average molecular weight is 475 g/mol. The van der Waals surface area contributed by atoms with Gasteiger partial charge in [0.25, 0.3) is 0 Å². The molecule has 0 amide bonds. The SMILES string of the molecule is O=C(O)c1ccc(Cc2nnc(-c3cccc(-c4nnc(-c5ccc(Cl)cc5)o4)c3)s2)cc1. The van der Waals surface area contributed by atoms with E-state index in [2.05, 4.69) is 20.4 Å². The number of aromatic nitrogens is 4. The zero-order valence-corrected chi connectivity index (χ0v) is 18.5. The van der Waals surface area contributed by atoms with E-state index in [4.69, 9.17) is 21.1 Å². The molecule has 0 spiro atoms. The fourth-order valence-corrected chi connectivity index (χ4v) is 4.21. The molecule has 0 saturated carbocycles. The van der Waals surface area contributed by atoms with Gasteiger partial charge in [-0.2, -0.15) is 0 Å². The number of carboxylic acids is 1. The van der Waals surface area contributed by atoms with Crippen LogP contribution in [-0.4, -0.2) is 31.5 Å². The predicted molar refractivity (Wildman–Crippen MR) is 125 cm³/mol. The summed E-state index contributed by atoms with van der Waals surface area (Å²) in [5, 5.41) is 28.2. The van der Waals surface area contributed by atoms with Crippen LogP contribution in [0.1, 0.15) is 20.9 Å². The number of hydrogen-bond donors (Lipinski definition) is 1. The number of hydrogen-bond acceptors (Lipinski definition) is 7. The van der Waals surface area contributed by atoms with Gasteiger partial charge in [-0.1, -0.05) is 47.2 Å². The van der Waals surface area contributed by atoms with Gasteiger partial charge in [0.1, 0.15) is 10.0 Å². The highest BCUT2D eigenvalue weighted by atomic mass is 35.5. The van der Waals surface area contributed by atoms with E-state index in [1.54, 1.807) is 36.4 Å². The second kappa shape index (κ2) is 8.93. The van der Waals surface area contributed by atoms with Gasteiger partial charge in [0.05, 0.1) is 5.56 Å². The number of halogens is 1. The summed E-state index contributed by atoms with van der Waals surface area (Å²) in [6.07, 6.45) is 0.575. The maximum atomic E-state index is 11.0. The van der Waals surface area contributed by atoms with Crippen molar-refractivity contribution in [3.05, 3.63) is 94.0 Å². The van der Waals surface area contributed by atoms with Crippen LogP contribution in [0.15, 0.2) is 77.2 Å². The van der Waals surface area contributed by atoms with Crippen LogP contribution in [0.4, 0.5) is 0 Å². The molecule has 0 saturated heterocycles. The first-order chi connectivity index (χ1) is 16.0. The summed E-state index contributed by atoms with van der Waals surface area (Å²) in [4.78, 5) is 11.0. The van der Waals surface area contributed by atoms with Crippen molar-refractivity contribution in [2.75, 3.05) is 0 Å². The zero-order chi connectivity index (χ0) is 22.8. The van der Waals surface area contributed by atoms with Gasteiger partial charge in [-0.25, -0.2) is 4.79 Å². The van der Waals surface area contributed by atoms with Gasteiger partial charge in [0, 0.05) is 28.1 Å². The zero-order valence-electron chi connectivity index (χ0n) is 17.0. The molecule has 0 aliphatic heterocycles. The molecule has 0 radical (unpaired) electrons. The van der Waals surface area contributed by atoms with E-state index < -0.39 is 5.97 Å². The summed E-state index contributed by atoms with van der Waals surface area (Å²) >= 11 is 7.42. The summed E-state index contributed by atoms with van der Waals surface area (Å²) in [5.41, 5.74) is 3.69. The second-order valence-corrected chi connectivity index (χ2v) is 8.68. The summed E-state index contributed by atoms with van der Waals surface area (Å²) in [7, 11) is 0. The molecule has 7 nitrogen and oxygen atoms in total. The third-order valence-electron chi connectivity index (χ3n) is 4.90. The lowest BCUT2D eigenvalue weighted by Gasteiger charge is -1.99. The molecular weight excluding hydrogens is 460 g/mol. The van der Waals surface area contributed by atoms with Crippen molar-refractivity contribution in [2.24, 2.45) is 0 Å². The van der Waals surface area contributed by atoms with Crippen LogP contribution in [0.25, 0.3) is 33.5 Å². The van der Waals surface area contributed by atoms with Crippen molar-refractivity contribution in [1.29, 1.82) is 0 Å². The molecule has 162 valence electrons. The molecule has 5 rings (SSSR count). The molecule has 2 aromatic heterocycles. The van der Waals surface area contributed by atoms with E-state index in [1.807, 2.05) is 36.4 Å². The Morgan fingerprint density at radius 3 is 2.27 bits per heavy atom. The molecule has 0 unspecified atom stereocenters.